The zero-order chi connectivity index (χ0) is 11.0. The highest BCUT2D eigenvalue weighted by Crippen LogP contribution is 1.93. The molecule has 0 saturated carbocycles. The van der Waals surface area contributed by atoms with Gasteiger partial charge in [-0.05, 0) is 32.9 Å². The highest BCUT2D eigenvalue weighted by atomic mass is 16.1. The fourth-order valence-electron chi connectivity index (χ4n) is 1.24. The van der Waals surface area contributed by atoms with Crippen LogP contribution >= 0.6 is 0 Å². The molecular weight excluding hydrogens is 176 g/mol. The van der Waals surface area contributed by atoms with Gasteiger partial charge in [0, 0.05) is 5.57 Å². The molecule has 0 aromatic carbocycles. The van der Waals surface area contributed by atoms with Gasteiger partial charge in [-0.25, -0.2) is 0 Å². The molecule has 0 fully saturated rings. The molecule has 0 radical (unpaired) electrons. The molecule has 0 aromatic heterocycles. The standard InChI is InChI=1S/C11H22N2O/c1-5-7-13(8-6-2)9-12-11(14)10(3)4/h3,5-9H2,1-2,4H3,(H,12,14). The Hall–Kier alpha value is -0.830. The quantitative estimate of drug-likeness (QED) is 0.499. The van der Waals surface area contributed by atoms with Crippen LogP contribution in [0.2, 0.25) is 0 Å². The number of hydrogen-bond donors (Lipinski definition) is 1. The van der Waals surface area contributed by atoms with Gasteiger partial charge in [-0.3, -0.25) is 9.69 Å². The second-order valence-corrected chi connectivity index (χ2v) is 3.56. The fraction of sp³-hybridized carbons (Fsp3) is 0.727. The number of hydrogen-bond acceptors (Lipinski definition) is 2. The Balaban J connectivity index is 3.80. The summed E-state index contributed by atoms with van der Waals surface area (Å²) in [5.74, 6) is -0.0535. The third-order valence-electron chi connectivity index (χ3n) is 1.93. The summed E-state index contributed by atoms with van der Waals surface area (Å²) in [7, 11) is 0. The van der Waals surface area contributed by atoms with Crippen LogP contribution in [0.15, 0.2) is 12.2 Å². The molecule has 1 N–H and O–H groups in total. The summed E-state index contributed by atoms with van der Waals surface area (Å²) in [5, 5.41) is 2.84. The van der Waals surface area contributed by atoms with Crippen LogP contribution in [0, 0.1) is 0 Å². The van der Waals surface area contributed by atoms with Gasteiger partial charge in [0.2, 0.25) is 5.91 Å². The third kappa shape index (κ3) is 5.75. The van der Waals surface area contributed by atoms with Crippen molar-refractivity contribution >= 4 is 5.91 Å². The molecule has 0 aliphatic rings. The maximum Gasteiger partial charge on any atom is 0.247 e. The summed E-state index contributed by atoms with van der Waals surface area (Å²) in [5.41, 5.74) is 0.568. The second kappa shape index (κ2) is 7.56. The lowest BCUT2D eigenvalue weighted by molar-refractivity contribution is -0.118. The number of amides is 1. The average molecular weight is 198 g/mol. The van der Waals surface area contributed by atoms with E-state index in [4.69, 9.17) is 0 Å². The van der Waals surface area contributed by atoms with Crippen LogP contribution in [0.1, 0.15) is 33.6 Å². The van der Waals surface area contributed by atoms with Gasteiger partial charge in [-0.15, -0.1) is 0 Å². The number of nitrogens with one attached hydrogen (secondary N) is 1. The van der Waals surface area contributed by atoms with Gasteiger partial charge < -0.3 is 5.32 Å². The zero-order valence-corrected chi connectivity index (χ0v) is 9.60. The van der Waals surface area contributed by atoms with Crippen LogP contribution in [0.3, 0.4) is 0 Å². The first kappa shape index (κ1) is 13.2. The summed E-state index contributed by atoms with van der Waals surface area (Å²) in [4.78, 5) is 13.5. The molecule has 14 heavy (non-hydrogen) atoms. The lowest BCUT2D eigenvalue weighted by Gasteiger charge is -2.21. The molecule has 0 aliphatic carbocycles. The molecular formula is C11H22N2O. The van der Waals surface area contributed by atoms with Crippen molar-refractivity contribution in [1.82, 2.24) is 10.2 Å². The lowest BCUT2D eigenvalue weighted by atomic mass is 10.3. The third-order valence-corrected chi connectivity index (χ3v) is 1.93. The minimum atomic E-state index is -0.0535. The van der Waals surface area contributed by atoms with Crippen LogP contribution in [0.25, 0.3) is 0 Å². The van der Waals surface area contributed by atoms with E-state index >= 15 is 0 Å². The predicted molar refractivity (Wildman–Crippen MR) is 60.0 cm³/mol. The van der Waals surface area contributed by atoms with Crippen LogP contribution in [0.4, 0.5) is 0 Å². The predicted octanol–water partition coefficient (Wildman–Crippen LogP) is 1.76. The van der Waals surface area contributed by atoms with Gasteiger partial charge in [0.15, 0.2) is 0 Å². The Morgan fingerprint density at radius 1 is 1.29 bits per heavy atom. The first-order valence-electron chi connectivity index (χ1n) is 5.27. The van der Waals surface area contributed by atoms with E-state index in [0.29, 0.717) is 12.2 Å². The highest BCUT2D eigenvalue weighted by molar-refractivity contribution is 5.91. The molecule has 0 unspecified atom stereocenters. The number of carbonyl (C=O) groups is 1. The smallest absolute Gasteiger partial charge is 0.247 e. The molecule has 0 heterocycles. The molecule has 3 heteroatoms. The second-order valence-electron chi connectivity index (χ2n) is 3.56. The normalized spacial score (nSPS) is 10.3. The largest absolute Gasteiger partial charge is 0.340 e. The molecule has 0 aliphatic heterocycles. The van der Waals surface area contributed by atoms with Crippen molar-refractivity contribution in [2.45, 2.75) is 33.6 Å². The van der Waals surface area contributed by atoms with Crippen LogP contribution < -0.4 is 5.32 Å². The zero-order valence-electron chi connectivity index (χ0n) is 9.60. The summed E-state index contributed by atoms with van der Waals surface area (Å²) in [6.45, 7) is 12.3. The molecule has 0 aromatic rings. The van der Waals surface area contributed by atoms with E-state index in [0.717, 1.165) is 25.9 Å². The van der Waals surface area contributed by atoms with Crippen molar-refractivity contribution < 1.29 is 4.79 Å². The maximum atomic E-state index is 11.2. The highest BCUT2D eigenvalue weighted by Gasteiger charge is 2.05. The van der Waals surface area contributed by atoms with Crippen molar-refractivity contribution in [1.29, 1.82) is 0 Å². The van der Waals surface area contributed by atoms with Crippen molar-refractivity contribution in [3.63, 3.8) is 0 Å². The SMILES string of the molecule is C=C(C)C(=O)NCN(CCC)CCC. The summed E-state index contributed by atoms with van der Waals surface area (Å²) >= 11 is 0. The Morgan fingerprint density at radius 3 is 2.14 bits per heavy atom. The Kier molecular flexibility index (Phi) is 7.11. The van der Waals surface area contributed by atoms with Crippen LogP contribution in [-0.4, -0.2) is 30.6 Å². The van der Waals surface area contributed by atoms with Crippen LogP contribution in [0.5, 0.6) is 0 Å². The molecule has 0 rings (SSSR count). The molecule has 0 spiro atoms. The molecule has 1 amide bonds. The number of nitrogens with zero attached hydrogens (tertiary/aromatic N) is 1. The van der Waals surface area contributed by atoms with E-state index in [9.17, 15) is 4.79 Å². The van der Waals surface area contributed by atoms with Crippen molar-refractivity contribution in [2.75, 3.05) is 19.8 Å². The van der Waals surface area contributed by atoms with Gasteiger partial charge in [-0.1, -0.05) is 20.4 Å². The summed E-state index contributed by atoms with van der Waals surface area (Å²) in [6.07, 6.45) is 2.23. The maximum absolute atomic E-state index is 11.2. The van der Waals surface area contributed by atoms with E-state index in [1.807, 2.05) is 0 Å². The molecule has 0 bridgehead atoms. The lowest BCUT2D eigenvalue weighted by Crippen LogP contribution is -2.38. The van der Waals surface area contributed by atoms with Gasteiger partial charge in [0.25, 0.3) is 0 Å². The minimum absolute atomic E-state index is 0.0535. The van der Waals surface area contributed by atoms with E-state index < -0.39 is 0 Å². The summed E-state index contributed by atoms with van der Waals surface area (Å²) in [6, 6.07) is 0. The molecule has 0 atom stereocenters. The first-order chi connectivity index (χ1) is 6.61. The molecule has 0 saturated heterocycles. The topological polar surface area (TPSA) is 32.3 Å². The van der Waals surface area contributed by atoms with Crippen molar-refractivity contribution in [3.05, 3.63) is 12.2 Å². The van der Waals surface area contributed by atoms with E-state index in [2.05, 4.69) is 30.6 Å². The van der Waals surface area contributed by atoms with E-state index in [1.54, 1.807) is 6.92 Å². The van der Waals surface area contributed by atoms with Gasteiger partial charge in [-0.2, -0.15) is 0 Å². The van der Waals surface area contributed by atoms with Crippen molar-refractivity contribution in [2.24, 2.45) is 0 Å². The van der Waals surface area contributed by atoms with Crippen molar-refractivity contribution in [3.8, 4) is 0 Å². The Morgan fingerprint density at radius 2 is 1.79 bits per heavy atom. The molecule has 3 nitrogen and oxygen atoms in total. The average Bonchev–Trinajstić information content (AvgIpc) is 2.14. The summed E-state index contributed by atoms with van der Waals surface area (Å²) < 4.78 is 0. The number of rotatable bonds is 7. The van der Waals surface area contributed by atoms with Gasteiger partial charge >= 0.3 is 0 Å². The fourth-order valence-corrected chi connectivity index (χ4v) is 1.24. The Bertz CT molecular complexity index is 184. The monoisotopic (exact) mass is 198 g/mol. The number of carbonyl (C=O) groups excluding carboxylic acids is 1. The minimum Gasteiger partial charge on any atom is -0.340 e. The van der Waals surface area contributed by atoms with E-state index in [1.165, 1.54) is 0 Å². The van der Waals surface area contributed by atoms with E-state index in [-0.39, 0.29) is 5.91 Å². The van der Waals surface area contributed by atoms with Gasteiger partial charge in [0.1, 0.15) is 0 Å². The van der Waals surface area contributed by atoms with Gasteiger partial charge in [0.05, 0.1) is 6.67 Å². The Labute approximate surface area is 87.2 Å². The molecule has 82 valence electrons. The van der Waals surface area contributed by atoms with Crippen LogP contribution in [-0.2, 0) is 4.79 Å². The first-order valence-corrected chi connectivity index (χ1v) is 5.27.